The zero-order valence-corrected chi connectivity index (χ0v) is 18.5. The summed E-state index contributed by atoms with van der Waals surface area (Å²) in [5, 5.41) is 5.05. The molecule has 1 atom stereocenters. The van der Waals surface area contributed by atoms with Gasteiger partial charge in [0.1, 0.15) is 0 Å². The van der Waals surface area contributed by atoms with Crippen LogP contribution in [0.15, 0.2) is 64.9 Å². The molecule has 0 aliphatic rings. The summed E-state index contributed by atoms with van der Waals surface area (Å²) in [4.78, 5) is 14.3. The molecule has 2 aromatic carbocycles. The Hall–Kier alpha value is -2.48. The van der Waals surface area contributed by atoms with Gasteiger partial charge in [0.25, 0.3) is 5.91 Å². The summed E-state index contributed by atoms with van der Waals surface area (Å²) in [6.45, 7) is 3.82. The van der Waals surface area contributed by atoms with Crippen LogP contribution in [0.1, 0.15) is 38.0 Å². The smallest absolute Gasteiger partial charge is 0.252 e. The third-order valence-electron chi connectivity index (χ3n) is 4.75. The number of aryl methyl sites for hydroxylation is 2. The van der Waals surface area contributed by atoms with E-state index in [-0.39, 0.29) is 16.8 Å². The lowest BCUT2D eigenvalue weighted by Gasteiger charge is -2.20. The maximum absolute atomic E-state index is 13.1. The van der Waals surface area contributed by atoms with Crippen LogP contribution in [0.5, 0.6) is 0 Å². The Labute approximate surface area is 176 Å². The van der Waals surface area contributed by atoms with Crippen molar-refractivity contribution in [2.24, 2.45) is 0 Å². The van der Waals surface area contributed by atoms with E-state index in [4.69, 9.17) is 0 Å². The molecule has 0 spiro atoms. The number of hydrogen-bond donors (Lipinski definition) is 1. The number of thiophene rings is 1. The van der Waals surface area contributed by atoms with Crippen LogP contribution < -0.4 is 5.32 Å². The lowest BCUT2D eigenvalue weighted by atomic mass is 10.0. The van der Waals surface area contributed by atoms with Crippen molar-refractivity contribution in [3.63, 3.8) is 0 Å². The van der Waals surface area contributed by atoms with Crippen molar-refractivity contribution in [3.8, 4) is 0 Å². The first-order valence-electron chi connectivity index (χ1n) is 9.14. The van der Waals surface area contributed by atoms with Crippen LogP contribution in [0.25, 0.3) is 0 Å². The van der Waals surface area contributed by atoms with Gasteiger partial charge < -0.3 is 5.32 Å². The predicted octanol–water partition coefficient (Wildman–Crippen LogP) is 4.13. The molecule has 1 aromatic heterocycles. The Morgan fingerprint density at radius 2 is 1.72 bits per heavy atom. The number of sulfonamides is 1. The van der Waals surface area contributed by atoms with Gasteiger partial charge in [-0.1, -0.05) is 42.0 Å². The van der Waals surface area contributed by atoms with E-state index in [1.54, 1.807) is 24.3 Å². The van der Waals surface area contributed by atoms with Crippen LogP contribution in [0, 0.1) is 13.8 Å². The number of hydrogen-bond acceptors (Lipinski definition) is 4. The van der Waals surface area contributed by atoms with Gasteiger partial charge in [0.2, 0.25) is 10.0 Å². The van der Waals surface area contributed by atoms with Crippen molar-refractivity contribution in [2.45, 2.75) is 24.8 Å². The number of carbonyl (C=O) groups excluding carboxylic acids is 1. The molecule has 1 N–H and O–H groups in total. The van der Waals surface area contributed by atoms with E-state index in [1.807, 2.05) is 48.7 Å². The monoisotopic (exact) mass is 428 g/mol. The highest BCUT2D eigenvalue weighted by Gasteiger charge is 2.23. The van der Waals surface area contributed by atoms with E-state index >= 15 is 0 Å². The lowest BCUT2D eigenvalue weighted by molar-refractivity contribution is 0.0942. The van der Waals surface area contributed by atoms with E-state index in [0.717, 1.165) is 20.3 Å². The van der Waals surface area contributed by atoms with Crippen LogP contribution >= 0.6 is 11.3 Å². The lowest BCUT2D eigenvalue weighted by Crippen LogP contribution is -2.30. The Morgan fingerprint density at radius 3 is 2.31 bits per heavy atom. The van der Waals surface area contributed by atoms with Gasteiger partial charge in [-0.2, -0.15) is 0 Å². The molecule has 5 nitrogen and oxygen atoms in total. The maximum Gasteiger partial charge on any atom is 0.252 e. The van der Waals surface area contributed by atoms with E-state index in [2.05, 4.69) is 5.32 Å². The summed E-state index contributed by atoms with van der Waals surface area (Å²) in [5.74, 6) is -0.308. The van der Waals surface area contributed by atoms with Gasteiger partial charge in [0.15, 0.2) is 0 Å². The second kappa shape index (κ2) is 8.49. The Balaban J connectivity index is 1.97. The number of carbonyl (C=O) groups is 1. The van der Waals surface area contributed by atoms with Crippen LogP contribution in [0.4, 0.5) is 0 Å². The van der Waals surface area contributed by atoms with Crippen molar-refractivity contribution in [1.29, 1.82) is 0 Å². The summed E-state index contributed by atoms with van der Waals surface area (Å²) < 4.78 is 26.1. The van der Waals surface area contributed by atoms with Crippen LogP contribution in [-0.2, 0) is 10.0 Å². The van der Waals surface area contributed by atoms with E-state index < -0.39 is 10.0 Å². The average molecular weight is 429 g/mol. The number of nitrogens with one attached hydrogen (secondary N) is 1. The van der Waals surface area contributed by atoms with Gasteiger partial charge in [0.05, 0.1) is 10.9 Å². The molecule has 7 heteroatoms. The standard InChI is InChI=1S/C22H24N2O3S2/c1-15-7-10-17(11-8-15)21(20-6-5-13-28-20)23-22(25)19-14-18(12-9-16(19)2)29(26,27)24(3)4/h5-14,21H,1-4H3,(H,23,25). The molecule has 0 bridgehead atoms. The van der Waals surface area contributed by atoms with Crippen LogP contribution in [-0.4, -0.2) is 32.7 Å². The first-order valence-corrected chi connectivity index (χ1v) is 11.5. The fraction of sp³-hybridized carbons (Fsp3) is 0.227. The van der Waals surface area contributed by atoms with Crippen LogP contribution in [0.2, 0.25) is 0 Å². The molecular formula is C22H24N2O3S2. The Kier molecular flexibility index (Phi) is 6.21. The van der Waals surface area contributed by atoms with Crippen molar-refractivity contribution in [3.05, 3.63) is 87.1 Å². The molecule has 0 aliphatic carbocycles. The van der Waals surface area contributed by atoms with Gasteiger partial charge in [-0.15, -0.1) is 11.3 Å². The molecule has 1 unspecified atom stereocenters. The van der Waals surface area contributed by atoms with Crippen molar-refractivity contribution < 1.29 is 13.2 Å². The average Bonchev–Trinajstić information content (AvgIpc) is 3.21. The van der Waals surface area contributed by atoms with Crippen molar-refractivity contribution >= 4 is 27.3 Å². The van der Waals surface area contributed by atoms with Gasteiger partial charge in [0, 0.05) is 24.5 Å². The second-order valence-corrected chi connectivity index (χ2v) is 10.2. The molecule has 0 fully saturated rings. The third kappa shape index (κ3) is 4.58. The molecule has 152 valence electrons. The van der Waals surface area contributed by atoms with E-state index in [0.29, 0.717) is 11.1 Å². The number of amides is 1. The highest BCUT2D eigenvalue weighted by molar-refractivity contribution is 7.89. The SMILES string of the molecule is Cc1ccc(C(NC(=O)c2cc(S(=O)(=O)N(C)C)ccc2C)c2cccs2)cc1. The first kappa shape index (κ1) is 21.2. The fourth-order valence-corrected chi connectivity index (χ4v) is 4.69. The third-order valence-corrected chi connectivity index (χ3v) is 7.49. The Bertz CT molecular complexity index is 1100. The summed E-state index contributed by atoms with van der Waals surface area (Å²) >= 11 is 1.57. The van der Waals surface area contributed by atoms with Gasteiger partial charge >= 0.3 is 0 Å². The number of rotatable bonds is 6. The van der Waals surface area contributed by atoms with Crippen molar-refractivity contribution in [1.82, 2.24) is 9.62 Å². The van der Waals surface area contributed by atoms with E-state index in [1.165, 1.54) is 26.2 Å². The normalized spacial score (nSPS) is 12.7. The second-order valence-electron chi connectivity index (χ2n) is 7.10. The highest BCUT2D eigenvalue weighted by Crippen LogP contribution is 2.27. The van der Waals surface area contributed by atoms with E-state index in [9.17, 15) is 13.2 Å². The minimum absolute atomic E-state index is 0.0984. The zero-order chi connectivity index (χ0) is 21.2. The predicted molar refractivity (Wildman–Crippen MR) is 117 cm³/mol. The molecule has 0 saturated heterocycles. The first-order chi connectivity index (χ1) is 13.7. The zero-order valence-electron chi connectivity index (χ0n) is 16.8. The number of nitrogens with zero attached hydrogens (tertiary/aromatic N) is 1. The highest BCUT2D eigenvalue weighted by atomic mass is 32.2. The molecule has 3 aromatic rings. The molecule has 0 radical (unpaired) electrons. The molecule has 29 heavy (non-hydrogen) atoms. The van der Waals surface area contributed by atoms with Gasteiger partial charge in [-0.3, -0.25) is 4.79 Å². The molecule has 1 amide bonds. The summed E-state index contributed by atoms with van der Waals surface area (Å²) in [6.07, 6.45) is 0. The van der Waals surface area contributed by atoms with Crippen molar-refractivity contribution in [2.75, 3.05) is 14.1 Å². The van der Waals surface area contributed by atoms with Crippen LogP contribution in [0.3, 0.4) is 0 Å². The summed E-state index contributed by atoms with van der Waals surface area (Å²) in [5.41, 5.74) is 3.18. The summed E-state index contributed by atoms with van der Waals surface area (Å²) in [7, 11) is -0.680. The molecule has 1 heterocycles. The topological polar surface area (TPSA) is 66.5 Å². The maximum atomic E-state index is 13.1. The molecular weight excluding hydrogens is 404 g/mol. The minimum atomic E-state index is -3.62. The number of benzene rings is 2. The Morgan fingerprint density at radius 1 is 1.03 bits per heavy atom. The molecule has 0 aliphatic heterocycles. The minimum Gasteiger partial charge on any atom is -0.340 e. The largest absolute Gasteiger partial charge is 0.340 e. The fourth-order valence-electron chi connectivity index (χ4n) is 2.96. The molecule has 0 saturated carbocycles. The summed E-state index contributed by atoms with van der Waals surface area (Å²) in [6, 6.07) is 16.3. The van der Waals surface area contributed by atoms with Gasteiger partial charge in [-0.05, 0) is 48.6 Å². The quantitative estimate of drug-likeness (QED) is 0.642. The molecule has 3 rings (SSSR count). The van der Waals surface area contributed by atoms with Gasteiger partial charge in [-0.25, -0.2) is 12.7 Å².